The molecule has 0 saturated heterocycles. The van der Waals surface area contributed by atoms with Crippen molar-refractivity contribution in [1.82, 2.24) is 9.97 Å². The molecule has 1 saturated carbocycles. The lowest BCUT2D eigenvalue weighted by molar-refractivity contribution is 0.0380. The third kappa shape index (κ3) is 5.16. The summed E-state index contributed by atoms with van der Waals surface area (Å²) in [5.41, 5.74) is -0.591. The van der Waals surface area contributed by atoms with E-state index in [-0.39, 0.29) is 0 Å². The Morgan fingerprint density at radius 1 is 1.10 bits per heavy atom. The standard InChI is InChI=1S/C16H28N4O/c1-3-10-17-14-11-15(20-13(2)19-14)18-12-16(21)8-6-4-5-7-9-16/h11,21H,3-10,12H2,1-2H3,(H2,17,18,19,20). The molecule has 0 unspecified atom stereocenters. The lowest BCUT2D eigenvalue weighted by Crippen LogP contribution is -2.36. The number of aliphatic hydroxyl groups is 1. The molecule has 5 heteroatoms. The third-order valence-corrected chi connectivity index (χ3v) is 4.03. The zero-order valence-corrected chi connectivity index (χ0v) is 13.3. The second-order valence-corrected chi connectivity index (χ2v) is 6.10. The van der Waals surface area contributed by atoms with Crippen molar-refractivity contribution in [3.8, 4) is 0 Å². The van der Waals surface area contributed by atoms with Crippen LogP contribution < -0.4 is 10.6 Å². The number of nitrogens with one attached hydrogen (secondary N) is 2. The van der Waals surface area contributed by atoms with Crippen LogP contribution in [0, 0.1) is 6.92 Å². The van der Waals surface area contributed by atoms with Gasteiger partial charge in [-0.15, -0.1) is 0 Å². The summed E-state index contributed by atoms with van der Waals surface area (Å²) < 4.78 is 0. The van der Waals surface area contributed by atoms with Gasteiger partial charge in [0.25, 0.3) is 0 Å². The van der Waals surface area contributed by atoms with E-state index in [1.165, 1.54) is 12.8 Å². The van der Waals surface area contributed by atoms with Crippen LogP contribution in [0.1, 0.15) is 57.7 Å². The van der Waals surface area contributed by atoms with Crippen molar-refractivity contribution >= 4 is 11.6 Å². The number of rotatable bonds is 6. The van der Waals surface area contributed by atoms with Crippen LogP contribution >= 0.6 is 0 Å². The van der Waals surface area contributed by atoms with Crippen molar-refractivity contribution in [2.75, 3.05) is 23.7 Å². The summed E-state index contributed by atoms with van der Waals surface area (Å²) >= 11 is 0. The smallest absolute Gasteiger partial charge is 0.131 e. The molecule has 0 aromatic carbocycles. The normalized spacial score (nSPS) is 18.0. The minimum atomic E-state index is -0.591. The minimum absolute atomic E-state index is 0.566. The Bertz CT molecular complexity index is 442. The first-order valence-corrected chi connectivity index (χ1v) is 8.17. The first-order chi connectivity index (χ1) is 10.1. The van der Waals surface area contributed by atoms with E-state index >= 15 is 0 Å². The van der Waals surface area contributed by atoms with E-state index in [9.17, 15) is 5.11 Å². The van der Waals surface area contributed by atoms with Gasteiger partial charge in [-0.1, -0.05) is 32.6 Å². The molecule has 5 nitrogen and oxygen atoms in total. The SMILES string of the molecule is CCCNc1cc(NCC2(O)CCCCCC2)nc(C)n1. The Labute approximate surface area is 127 Å². The first-order valence-electron chi connectivity index (χ1n) is 8.17. The lowest BCUT2D eigenvalue weighted by Gasteiger charge is -2.27. The largest absolute Gasteiger partial charge is 0.388 e. The van der Waals surface area contributed by atoms with E-state index in [1.54, 1.807) is 0 Å². The van der Waals surface area contributed by atoms with Crippen LogP contribution in [0.3, 0.4) is 0 Å². The summed E-state index contributed by atoms with van der Waals surface area (Å²) in [4.78, 5) is 8.78. The van der Waals surface area contributed by atoms with E-state index in [0.29, 0.717) is 6.54 Å². The highest BCUT2D eigenvalue weighted by molar-refractivity contribution is 5.47. The van der Waals surface area contributed by atoms with E-state index in [4.69, 9.17) is 0 Å². The number of aryl methyl sites for hydroxylation is 1. The molecule has 21 heavy (non-hydrogen) atoms. The molecule has 1 fully saturated rings. The fourth-order valence-electron chi connectivity index (χ4n) is 2.82. The van der Waals surface area contributed by atoms with Crippen LogP contribution in [-0.2, 0) is 0 Å². The zero-order valence-electron chi connectivity index (χ0n) is 13.3. The number of nitrogens with zero attached hydrogens (tertiary/aromatic N) is 2. The molecule has 2 rings (SSSR count). The van der Waals surface area contributed by atoms with Crippen LogP contribution in [0.5, 0.6) is 0 Å². The fraction of sp³-hybridized carbons (Fsp3) is 0.750. The van der Waals surface area contributed by atoms with Gasteiger partial charge >= 0.3 is 0 Å². The Morgan fingerprint density at radius 2 is 1.71 bits per heavy atom. The molecule has 1 aromatic rings. The molecular formula is C16H28N4O. The van der Waals surface area contributed by atoms with Crippen LogP contribution in [-0.4, -0.2) is 33.8 Å². The number of hydrogen-bond donors (Lipinski definition) is 3. The molecule has 118 valence electrons. The van der Waals surface area contributed by atoms with Crippen molar-refractivity contribution < 1.29 is 5.11 Å². The van der Waals surface area contributed by atoms with Gasteiger partial charge < -0.3 is 15.7 Å². The highest BCUT2D eigenvalue weighted by atomic mass is 16.3. The van der Waals surface area contributed by atoms with E-state index in [1.807, 2.05) is 13.0 Å². The predicted molar refractivity (Wildman–Crippen MR) is 86.7 cm³/mol. The lowest BCUT2D eigenvalue weighted by atomic mass is 9.94. The summed E-state index contributed by atoms with van der Waals surface area (Å²) in [5, 5.41) is 17.2. The van der Waals surface area contributed by atoms with Crippen molar-refractivity contribution in [3.05, 3.63) is 11.9 Å². The maximum absolute atomic E-state index is 10.7. The Morgan fingerprint density at radius 3 is 2.33 bits per heavy atom. The molecule has 1 aliphatic rings. The maximum Gasteiger partial charge on any atom is 0.131 e. The number of hydrogen-bond acceptors (Lipinski definition) is 5. The topological polar surface area (TPSA) is 70.1 Å². The summed E-state index contributed by atoms with van der Waals surface area (Å²) in [6.07, 6.45) is 7.52. The quantitative estimate of drug-likeness (QED) is 0.703. The third-order valence-electron chi connectivity index (χ3n) is 4.03. The maximum atomic E-state index is 10.7. The highest BCUT2D eigenvalue weighted by Crippen LogP contribution is 2.27. The average Bonchev–Trinajstić information content (AvgIpc) is 2.68. The predicted octanol–water partition coefficient (Wildman–Crippen LogP) is 3.10. The van der Waals surface area contributed by atoms with Gasteiger partial charge in [-0.2, -0.15) is 0 Å². The highest BCUT2D eigenvalue weighted by Gasteiger charge is 2.27. The van der Waals surface area contributed by atoms with Crippen LogP contribution in [0.15, 0.2) is 6.07 Å². The Balaban J connectivity index is 1.96. The van der Waals surface area contributed by atoms with Gasteiger partial charge in [0.1, 0.15) is 17.5 Å². The van der Waals surface area contributed by atoms with Crippen molar-refractivity contribution in [1.29, 1.82) is 0 Å². The zero-order chi connectivity index (χ0) is 15.1. The number of anilines is 2. The van der Waals surface area contributed by atoms with Crippen molar-refractivity contribution in [2.45, 2.75) is 64.4 Å². The molecule has 0 aliphatic heterocycles. The molecule has 3 N–H and O–H groups in total. The second kappa shape index (κ2) is 7.59. The minimum Gasteiger partial charge on any atom is -0.388 e. The van der Waals surface area contributed by atoms with Gasteiger partial charge in [0, 0.05) is 19.2 Å². The van der Waals surface area contributed by atoms with Crippen LogP contribution in [0.25, 0.3) is 0 Å². The van der Waals surface area contributed by atoms with Crippen molar-refractivity contribution in [3.63, 3.8) is 0 Å². The molecule has 0 atom stereocenters. The van der Waals surface area contributed by atoms with Gasteiger partial charge in [-0.3, -0.25) is 0 Å². The fourth-order valence-corrected chi connectivity index (χ4v) is 2.82. The average molecular weight is 292 g/mol. The summed E-state index contributed by atoms with van der Waals surface area (Å²) in [6.45, 7) is 5.49. The van der Waals surface area contributed by atoms with E-state index < -0.39 is 5.60 Å². The van der Waals surface area contributed by atoms with E-state index in [0.717, 1.165) is 56.1 Å². The monoisotopic (exact) mass is 292 g/mol. The first kappa shape index (κ1) is 16.0. The molecular weight excluding hydrogens is 264 g/mol. The molecule has 0 radical (unpaired) electrons. The van der Waals surface area contributed by atoms with Crippen LogP contribution in [0.4, 0.5) is 11.6 Å². The van der Waals surface area contributed by atoms with Crippen molar-refractivity contribution in [2.24, 2.45) is 0 Å². The Kier molecular flexibility index (Phi) is 5.79. The molecule has 1 aliphatic carbocycles. The van der Waals surface area contributed by atoms with Gasteiger partial charge in [-0.25, -0.2) is 9.97 Å². The molecule has 1 aromatic heterocycles. The van der Waals surface area contributed by atoms with Gasteiger partial charge in [0.05, 0.1) is 5.60 Å². The molecule has 1 heterocycles. The molecule has 0 spiro atoms. The summed E-state index contributed by atoms with van der Waals surface area (Å²) in [7, 11) is 0. The summed E-state index contributed by atoms with van der Waals surface area (Å²) in [5.74, 6) is 2.38. The van der Waals surface area contributed by atoms with E-state index in [2.05, 4.69) is 27.5 Å². The van der Waals surface area contributed by atoms with Gasteiger partial charge in [-0.05, 0) is 26.2 Å². The molecule has 0 amide bonds. The Hall–Kier alpha value is -1.36. The number of aromatic nitrogens is 2. The van der Waals surface area contributed by atoms with Crippen LogP contribution in [0.2, 0.25) is 0 Å². The summed E-state index contributed by atoms with van der Waals surface area (Å²) in [6, 6.07) is 1.92. The second-order valence-electron chi connectivity index (χ2n) is 6.10. The van der Waals surface area contributed by atoms with Gasteiger partial charge in [0.15, 0.2) is 0 Å². The molecule has 0 bridgehead atoms. The van der Waals surface area contributed by atoms with Gasteiger partial charge in [0.2, 0.25) is 0 Å².